The largest absolute Gasteiger partial charge is 0.458 e. The van der Waals surface area contributed by atoms with E-state index < -0.39 is 77.6 Å². The van der Waals surface area contributed by atoms with Gasteiger partial charge in [0.15, 0.2) is 17.7 Å². The fourth-order valence-corrected chi connectivity index (χ4v) is 9.46. The van der Waals surface area contributed by atoms with E-state index in [2.05, 4.69) is 22.6 Å². The molecule has 1 aromatic carbocycles. The van der Waals surface area contributed by atoms with Gasteiger partial charge in [-0.3, -0.25) is 19.2 Å². The zero-order valence-corrected chi connectivity index (χ0v) is 37.1. The molecule has 5 rings (SSSR count). The van der Waals surface area contributed by atoms with Gasteiger partial charge in [0.1, 0.15) is 23.8 Å². The molecule has 13 atom stereocenters. The van der Waals surface area contributed by atoms with Crippen LogP contribution in [0, 0.1) is 17.8 Å². The molecule has 3 aliphatic heterocycles. The minimum absolute atomic E-state index is 0.0530. The van der Waals surface area contributed by atoms with Crippen molar-refractivity contribution in [2.45, 2.75) is 147 Å². The molecule has 0 radical (unpaired) electrons. The highest BCUT2D eigenvalue weighted by Gasteiger charge is 2.58. The van der Waals surface area contributed by atoms with Crippen LogP contribution in [0.5, 0.6) is 0 Å². The number of fused-ring (bicyclic) bond motifs is 1. The summed E-state index contributed by atoms with van der Waals surface area (Å²) in [6.07, 6.45) is -0.912. The Morgan fingerprint density at radius 2 is 1.82 bits per heavy atom. The van der Waals surface area contributed by atoms with Gasteiger partial charge < -0.3 is 49.8 Å². The number of carbonyl (C=O) groups is 3. The van der Waals surface area contributed by atoms with Crippen molar-refractivity contribution in [2.75, 3.05) is 46.6 Å². The van der Waals surface area contributed by atoms with Crippen LogP contribution in [0.15, 0.2) is 30.5 Å². The van der Waals surface area contributed by atoms with Crippen molar-refractivity contribution in [2.24, 2.45) is 17.8 Å². The van der Waals surface area contributed by atoms with Crippen molar-refractivity contribution >= 4 is 23.5 Å². The van der Waals surface area contributed by atoms with E-state index in [0.717, 1.165) is 11.3 Å². The normalized spacial score (nSPS) is 36.0. The number of Topliss-reactive ketones (excluding diaryl/α,β-unsaturated/α-hetero) is 1. The summed E-state index contributed by atoms with van der Waals surface area (Å²) in [4.78, 5) is 45.8. The SMILES string of the molecule is CC[C@H]1OC(=O)[C@H](C)C(=O)[C@H](C)[C@@H](O[C@@H]2O[C@H](CO)CC(N(C)C)[C@H]2O)[C@](C)(OC)C[C@@H](C)CN[C@H](C)[C@H]2N(CCCCn3cc(-c4cccc(N)c4)nn3)C(=O)O[C@]12C. The fraction of sp³-hybridized carbons (Fsp3) is 0.744. The summed E-state index contributed by atoms with van der Waals surface area (Å²) in [6.45, 7) is 14.0. The lowest BCUT2D eigenvalue weighted by molar-refractivity contribution is -0.300. The van der Waals surface area contributed by atoms with Crippen molar-refractivity contribution in [3.63, 3.8) is 0 Å². The standard InChI is InChI=1S/C43H69N7O10/c1-11-34-43(7)37(50(41(55)60-43)18-13-12-17-49-23-32(46-47-49)29-15-14-16-30(44)19-29)28(5)45-22-25(2)21-42(6,56-10)38(26(3)35(52)27(4)39(54)58-34)59-40-36(53)33(48(8)9)20-31(24-51)57-40/h14-16,19,23,25-28,31,33-34,36-38,40,45,51,53H,11-13,17-18,20-22,24,44H2,1-10H3/t25-,26+,27-,28-,31+,33?,34-,36-,37-,38-,40+,42-,43-/m1/s1. The first kappa shape index (κ1) is 47.3. The van der Waals surface area contributed by atoms with Gasteiger partial charge in [-0.2, -0.15) is 0 Å². The highest BCUT2D eigenvalue weighted by Crippen LogP contribution is 2.40. The number of aliphatic hydroxyl groups is 2. The Morgan fingerprint density at radius 3 is 2.47 bits per heavy atom. The number of carbonyl (C=O) groups excluding carboxylic acids is 3. The van der Waals surface area contributed by atoms with Crippen LogP contribution in [0.4, 0.5) is 10.5 Å². The summed E-state index contributed by atoms with van der Waals surface area (Å²) in [5.41, 5.74) is 5.84. The van der Waals surface area contributed by atoms with Crippen molar-refractivity contribution in [3.8, 4) is 11.3 Å². The van der Waals surface area contributed by atoms with Crippen LogP contribution < -0.4 is 11.1 Å². The Bertz CT molecular complexity index is 1760. The van der Waals surface area contributed by atoms with Gasteiger partial charge in [0, 0.05) is 49.5 Å². The number of unbranched alkanes of at least 4 members (excludes halogenated alkanes) is 1. The molecule has 3 aliphatic rings. The number of esters is 1. The Kier molecular flexibility index (Phi) is 15.8. The molecule has 1 unspecified atom stereocenters. The van der Waals surface area contributed by atoms with E-state index in [1.165, 1.54) is 6.92 Å². The second-order valence-electron chi connectivity index (χ2n) is 17.8. The molecule has 17 nitrogen and oxygen atoms in total. The predicted octanol–water partition coefficient (Wildman–Crippen LogP) is 3.26. The summed E-state index contributed by atoms with van der Waals surface area (Å²) >= 11 is 0. The molecule has 0 aliphatic carbocycles. The number of methoxy groups -OCH3 is 1. The topological polar surface area (TPSA) is 213 Å². The number of rotatable bonds is 12. The van der Waals surface area contributed by atoms with E-state index in [1.54, 1.807) is 30.5 Å². The van der Waals surface area contributed by atoms with Crippen molar-refractivity contribution in [1.29, 1.82) is 0 Å². The first-order valence-corrected chi connectivity index (χ1v) is 21.4. The third-order valence-corrected chi connectivity index (χ3v) is 12.9. The third-order valence-electron chi connectivity index (χ3n) is 12.9. The van der Waals surface area contributed by atoms with Crippen LogP contribution in [0.25, 0.3) is 11.3 Å². The van der Waals surface area contributed by atoms with Gasteiger partial charge in [-0.25, -0.2) is 4.79 Å². The Morgan fingerprint density at radius 1 is 1.10 bits per heavy atom. The van der Waals surface area contributed by atoms with Crippen LogP contribution in [0.2, 0.25) is 0 Å². The highest BCUT2D eigenvalue weighted by atomic mass is 16.7. The number of nitrogens with zero attached hydrogens (tertiary/aromatic N) is 5. The number of benzene rings is 1. The van der Waals surface area contributed by atoms with E-state index >= 15 is 0 Å². The van der Waals surface area contributed by atoms with Crippen LogP contribution in [-0.4, -0.2) is 154 Å². The number of anilines is 1. The van der Waals surface area contributed by atoms with E-state index in [9.17, 15) is 24.6 Å². The highest BCUT2D eigenvalue weighted by molar-refractivity contribution is 6.00. The van der Waals surface area contributed by atoms with Gasteiger partial charge in [-0.1, -0.05) is 38.1 Å². The summed E-state index contributed by atoms with van der Waals surface area (Å²) in [6, 6.07) is 6.23. The van der Waals surface area contributed by atoms with Gasteiger partial charge in [0.05, 0.1) is 36.7 Å². The number of aryl methyl sites for hydroxylation is 1. The minimum atomic E-state index is -1.25. The van der Waals surface area contributed by atoms with E-state index in [1.807, 2.05) is 70.2 Å². The second-order valence-corrected chi connectivity index (χ2v) is 17.8. The molecule has 2 aromatic rings. The summed E-state index contributed by atoms with van der Waals surface area (Å²) in [7, 11) is 5.22. The number of aliphatic hydroxyl groups excluding tert-OH is 2. The minimum Gasteiger partial charge on any atom is -0.458 e. The zero-order valence-electron chi connectivity index (χ0n) is 37.1. The van der Waals surface area contributed by atoms with E-state index in [0.29, 0.717) is 57.4 Å². The molecule has 336 valence electrons. The number of nitrogens with one attached hydrogen (secondary N) is 1. The summed E-state index contributed by atoms with van der Waals surface area (Å²) in [5.74, 6) is -3.38. The first-order chi connectivity index (χ1) is 28.4. The Balaban J connectivity index is 1.38. The number of hydrogen-bond donors (Lipinski definition) is 4. The smallest absolute Gasteiger partial charge is 0.410 e. The molecular weight excluding hydrogens is 775 g/mol. The summed E-state index contributed by atoms with van der Waals surface area (Å²) in [5, 5.41) is 33.8. The summed E-state index contributed by atoms with van der Waals surface area (Å²) < 4.78 is 33.1. The monoisotopic (exact) mass is 844 g/mol. The molecule has 3 saturated heterocycles. The van der Waals surface area contributed by atoms with Crippen molar-refractivity contribution < 1.29 is 48.3 Å². The number of ether oxygens (including phenoxy) is 5. The number of nitrogen functional groups attached to an aromatic ring is 1. The number of cyclic esters (lactones) is 1. The second kappa shape index (κ2) is 20.0. The third kappa shape index (κ3) is 10.3. The molecule has 0 bridgehead atoms. The molecule has 4 heterocycles. The van der Waals surface area contributed by atoms with Gasteiger partial charge in [0.2, 0.25) is 0 Å². The zero-order chi connectivity index (χ0) is 44.1. The Hall–Kier alpha value is -3.71. The molecular formula is C43H69N7O10. The maximum absolute atomic E-state index is 14.4. The lowest BCUT2D eigenvalue weighted by atomic mass is 9.78. The molecule has 1 amide bonds. The van der Waals surface area contributed by atoms with Crippen LogP contribution in [0.1, 0.15) is 80.6 Å². The average Bonchev–Trinajstić information content (AvgIpc) is 3.80. The molecule has 60 heavy (non-hydrogen) atoms. The number of aromatic nitrogens is 3. The van der Waals surface area contributed by atoms with E-state index in [-0.39, 0.29) is 24.6 Å². The molecule has 0 saturated carbocycles. The lowest BCUT2D eigenvalue weighted by Gasteiger charge is -2.47. The number of nitrogens with two attached hydrogens (primary N) is 1. The van der Waals surface area contributed by atoms with Crippen LogP contribution >= 0.6 is 0 Å². The predicted molar refractivity (Wildman–Crippen MR) is 223 cm³/mol. The maximum atomic E-state index is 14.4. The molecule has 5 N–H and O–H groups in total. The van der Waals surface area contributed by atoms with Crippen molar-refractivity contribution in [1.82, 2.24) is 30.1 Å². The lowest BCUT2D eigenvalue weighted by Crippen LogP contribution is -2.61. The van der Waals surface area contributed by atoms with Crippen LogP contribution in [-0.2, 0) is 39.8 Å². The molecule has 1 aromatic heterocycles. The Labute approximate surface area is 354 Å². The molecule has 17 heteroatoms. The van der Waals surface area contributed by atoms with Gasteiger partial charge in [0.25, 0.3) is 0 Å². The van der Waals surface area contributed by atoms with Gasteiger partial charge in [-0.05, 0) is 98.5 Å². The fourth-order valence-electron chi connectivity index (χ4n) is 9.46. The van der Waals surface area contributed by atoms with Crippen LogP contribution in [0.3, 0.4) is 0 Å². The van der Waals surface area contributed by atoms with Gasteiger partial charge in [-0.15, -0.1) is 5.10 Å². The average molecular weight is 844 g/mol. The number of amides is 1. The molecule has 0 spiro atoms. The van der Waals surface area contributed by atoms with Gasteiger partial charge >= 0.3 is 12.1 Å². The van der Waals surface area contributed by atoms with Crippen molar-refractivity contribution in [3.05, 3.63) is 30.5 Å². The number of likely N-dealkylation sites (N-methyl/N-ethyl adjacent to an activating group) is 1. The maximum Gasteiger partial charge on any atom is 0.410 e. The van der Waals surface area contributed by atoms with E-state index in [4.69, 9.17) is 29.4 Å². The number of hydrogen-bond acceptors (Lipinski definition) is 15. The quantitative estimate of drug-likeness (QED) is 0.105. The number of ketones is 1. The first-order valence-electron chi connectivity index (χ1n) is 21.4. The molecule has 3 fully saturated rings.